The topological polar surface area (TPSA) is 37.3 Å². The third kappa shape index (κ3) is 2.11. The molecule has 1 aromatic rings. The summed E-state index contributed by atoms with van der Waals surface area (Å²) in [7, 11) is 0. The van der Waals surface area contributed by atoms with Crippen LogP contribution in [0.4, 0.5) is 17.6 Å². The van der Waals surface area contributed by atoms with Crippen LogP contribution >= 0.6 is 15.9 Å². The van der Waals surface area contributed by atoms with Crippen LogP contribution in [0.15, 0.2) is 16.6 Å². The van der Waals surface area contributed by atoms with Crippen molar-refractivity contribution in [3.63, 3.8) is 0 Å². The summed E-state index contributed by atoms with van der Waals surface area (Å²) in [4.78, 5) is 10.2. The average Bonchev–Trinajstić information content (AvgIpc) is 2.10. The van der Waals surface area contributed by atoms with Gasteiger partial charge in [-0.15, -0.1) is 0 Å². The molecule has 0 aliphatic carbocycles. The highest BCUT2D eigenvalue weighted by atomic mass is 79.9. The van der Waals surface area contributed by atoms with Gasteiger partial charge in [-0.05, 0) is 12.1 Å². The molecule has 1 rings (SSSR count). The molecule has 82 valence electrons. The van der Waals surface area contributed by atoms with E-state index < -0.39 is 33.6 Å². The second kappa shape index (κ2) is 3.80. The molecule has 15 heavy (non-hydrogen) atoms. The summed E-state index contributed by atoms with van der Waals surface area (Å²) in [6.45, 7) is 0. The van der Waals surface area contributed by atoms with Crippen molar-refractivity contribution in [1.29, 1.82) is 0 Å². The minimum absolute atomic E-state index is 0.146. The van der Waals surface area contributed by atoms with Crippen molar-refractivity contribution in [2.45, 2.75) is 5.92 Å². The molecule has 0 saturated carbocycles. The van der Waals surface area contributed by atoms with Gasteiger partial charge < -0.3 is 5.11 Å². The molecule has 7 heteroatoms. The predicted octanol–water partition coefficient (Wildman–Crippen LogP) is 2.90. The van der Waals surface area contributed by atoms with Crippen LogP contribution in [0.3, 0.4) is 0 Å². The number of carboxylic acids is 1. The van der Waals surface area contributed by atoms with Gasteiger partial charge in [0.1, 0.15) is 0 Å². The van der Waals surface area contributed by atoms with Crippen molar-refractivity contribution < 1.29 is 27.5 Å². The summed E-state index contributed by atoms with van der Waals surface area (Å²) in [6, 6.07) is 0.592. The summed E-state index contributed by atoms with van der Waals surface area (Å²) >= 11 is 2.54. The van der Waals surface area contributed by atoms with E-state index in [1.807, 2.05) is 0 Å². The lowest BCUT2D eigenvalue weighted by atomic mass is 10.1. The maximum Gasteiger partial charge on any atom is 0.379 e. The zero-order valence-corrected chi connectivity index (χ0v) is 8.49. The molecule has 0 aromatic heterocycles. The maximum atomic E-state index is 12.9. The number of carbonyl (C=O) groups is 1. The zero-order chi connectivity index (χ0) is 11.8. The van der Waals surface area contributed by atoms with E-state index in [0.717, 1.165) is 0 Å². The Morgan fingerprint density at radius 3 is 2.20 bits per heavy atom. The molecular weight excluding hydrogens is 284 g/mol. The zero-order valence-electron chi connectivity index (χ0n) is 6.90. The molecule has 0 aliphatic heterocycles. The minimum atomic E-state index is -4.27. The van der Waals surface area contributed by atoms with Gasteiger partial charge in [0.25, 0.3) is 0 Å². The van der Waals surface area contributed by atoms with Gasteiger partial charge in [-0.25, -0.2) is 13.6 Å². The molecule has 0 spiro atoms. The highest BCUT2D eigenvalue weighted by molar-refractivity contribution is 9.10. The van der Waals surface area contributed by atoms with Crippen molar-refractivity contribution >= 4 is 21.9 Å². The number of rotatable bonds is 2. The summed E-state index contributed by atoms with van der Waals surface area (Å²) in [6.07, 6.45) is 0. The highest BCUT2D eigenvalue weighted by Crippen LogP contribution is 2.35. The van der Waals surface area contributed by atoms with E-state index in [9.17, 15) is 22.4 Å². The number of carboxylic acid groups (broad SMARTS) is 1. The number of hydrogen-bond acceptors (Lipinski definition) is 1. The summed E-state index contributed by atoms with van der Waals surface area (Å²) in [5.41, 5.74) is -1.13. The van der Waals surface area contributed by atoms with Crippen LogP contribution in [0.2, 0.25) is 0 Å². The molecular formula is C8H3BrF4O2. The molecule has 0 bridgehead atoms. The van der Waals surface area contributed by atoms with Crippen molar-refractivity contribution in [2.75, 3.05) is 0 Å². The third-order valence-corrected chi connectivity index (χ3v) is 2.27. The van der Waals surface area contributed by atoms with Crippen molar-refractivity contribution in [2.24, 2.45) is 0 Å². The van der Waals surface area contributed by atoms with Crippen LogP contribution in [-0.4, -0.2) is 11.1 Å². The van der Waals surface area contributed by atoms with Gasteiger partial charge in [-0.2, -0.15) is 8.78 Å². The lowest BCUT2D eigenvalue weighted by molar-refractivity contribution is -0.166. The number of alkyl halides is 2. The SMILES string of the molecule is O=C(O)C(F)(F)c1cc(F)c(F)cc1Br. The van der Waals surface area contributed by atoms with E-state index >= 15 is 0 Å². The van der Waals surface area contributed by atoms with Gasteiger partial charge in [-0.1, -0.05) is 15.9 Å². The predicted molar refractivity (Wildman–Crippen MR) is 45.6 cm³/mol. The van der Waals surface area contributed by atoms with Crippen LogP contribution in [0, 0.1) is 11.6 Å². The van der Waals surface area contributed by atoms with Crippen molar-refractivity contribution in [3.05, 3.63) is 33.8 Å². The molecule has 0 heterocycles. The number of aliphatic carboxylic acids is 1. The molecule has 2 nitrogen and oxygen atoms in total. The Morgan fingerprint density at radius 1 is 1.27 bits per heavy atom. The van der Waals surface area contributed by atoms with Gasteiger partial charge in [0.2, 0.25) is 0 Å². The first-order valence-electron chi connectivity index (χ1n) is 3.53. The Bertz CT molecular complexity index is 419. The average molecular weight is 287 g/mol. The number of benzene rings is 1. The molecule has 0 unspecified atom stereocenters. The van der Waals surface area contributed by atoms with E-state index in [0.29, 0.717) is 6.07 Å². The Morgan fingerprint density at radius 2 is 1.73 bits per heavy atom. The van der Waals surface area contributed by atoms with Crippen LogP contribution in [0.5, 0.6) is 0 Å². The van der Waals surface area contributed by atoms with Crippen molar-refractivity contribution in [3.8, 4) is 0 Å². The Labute approximate surface area is 89.6 Å². The molecule has 0 aliphatic rings. The molecule has 0 amide bonds. The summed E-state index contributed by atoms with van der Waals surface area (Å²) in [5, 5.41) is 8.19. The quantitative estimate of drug-likeness (QED) is 0.670. The highest BCUT2D eigenvalue weighted by Gasteiger charge is 2.43. The Kier molecular flexibility index (Phi) is 3.03. The first-order valence-corrected chi connectivity index (χ1v) is 4.32. The van der Waals surface area contributed by atoms with Crippen molar-refractivity contribution in [1.82, 2.24) is 0 Å². The third-order valence-electron chi connectivity index (χ3n) is 1.62. The van der Waals surface area contributed by atoms with Crippen LogP contribution in [0.1, 0.15) is 5.56 Å². The smallest absolute Gasteiger partial charge is 0.379 e. The second-order valence-corrected chi connectivity index (χ2v) is 3.48. The van der Waals surface area contributed by atoms with E-state index in [-0.39, 0.29) is 6.07 Å². The first kappa shape index (κ1) is 12.0. The monoisotopic (exact) mass is 286 g/mol. The molecule has 0 fully saturated rings. The van der Waals surface area contributed by atoms with Gasteiger partial charge in [0.05, 0.1) is 0 Å². The Balaban J connectivity index is 3.38. The number of halogens is 5. The largest absolute Gasteiger partial charge is 0.477 e. The summed E-state index contributed by atoms with van der Waals surface area (Å²) < 4.78 is 50.5. The molecule has 1 aromatic carbocycles. The van der Waals surface area contributed by atoms with E-state index in [2.05, 4.69) is 15.9 Å². The van der Waals surface area contributed by atoms with Crippen LogP contribution in [0.25, 0.3) is 0 Å². The van der Waals surface area contributed by atoms with Gasteiger partial charge in [0.15, 0.2) is 11.6 Å². The lowest BCUT2D eigenvalue weighted by Crippen LogP contribution is -2.26. The normalized spacial score (nSPS) is 11.5. The fourth-order valence-electron chi connectivity index (χ4n) is 0.878. The maximum absolute atomic E-state index is 12.9. The van der Waals surface area contributed by atoms with Crippen LogP contribution < -0.4 is 0 Å². The van der Waals surface area contributed by atoms with E-state index in [1.54, 1.807) is 0 Å². The molecule has 1 N–H and O–H groups in total. The van der Waals surface area contributed by atoms with Gasteiger partial charge in [0, 0.05) is 10.0 Å². The summed E-state index contributed by atoms with van der Waals surface area (Å²) in [5.74, 6) is -9.58. The standard InChI is InChI=1S/C8H3BrF4O2/c9-4-2-6(11)5(10)1-3(4)8(12,13)7(14)15/h1-2H,(H,14,15). The number of hydrogen-bond donors (Lipinski definition) is 1. The Hall–Kier alpha value is -1.11. The first-order chi connectivity index (χ1) is 6.76. The fraction of sp³-hybridized carbons (Fsp3) is 0.125. The molecule has 0 atom stereocenters. The van der Waals surface area contributed by atoms with E-state index in [4.69, 9.17) is 5.11 Å². The fourth-order valence-corrected chi connectivity index (χ4v) is 1.44. The molecule has 0 saturated heterocycles. The van der Waals surface area contributed by atoms with E-state index in [1.165, 1.54) is 0 Å². The minimum Gasteiger partial charge on any atom is -0.477 e. The van der Waals surface area contributed by atoms with Gasteiger partial charge >= 0.3 is 11.9 Å². The van der Waals surface area contributed by atoms with Crippen LogP contribution in [-0.2, 0) is 10.7 Å². The van der Waals surface area contributed by atoms with Gasteiger partial charge in [-0.3, -0.25) is 0 Å². The second-order valence-electron chi connectivity index (χ2n) is 2.63. The molecule has 0 radical (unpaired) electrons. The lowest BCUT2D eigenvalue weighted by Gasteiger charge is -2.13.